The quantitative estimate of drug-likeness (QED) is 0.585. The molecule has 0 fully saturated rings. The van der Waals surface area contributed by atoms with Gasteiger partial charge in [-0.3, -0.25) is 9.78 Å². The fraction of sp³-hybridized carbons (Fsp3) is 0.273. The summed E-state index contributed by atoms with van der Waals surface area (Å²) in [5.74, 6) is 0.511. The number of esters is 1. The number of benzene rings is 1. The largest absolute Gasteiger partial charge is 0.485 e. The van der Waals surface area contributed by atoms with E-state index in [9.17, 15) is 9.59 Å². The highest BCUT2D eigenvalue weighted by Crippen LogP contribution is 2.37. The Morgan fingerprint density at radius 2 is 2.16 bits per heavy atom. The SMILES string of the molecule is COC(=O)C(C)NC(=O)c1cnc(Oc2ccc3c(c2)CC[C@H](c2cccnc2)O3)s1. The van der Waals surface area contributed by atoms with E-state index in [1.165, 1.54) is 13.3 Å². The summed E-state index contributed by atoms with van der Waals surface area (Å²) in [5.41, 5.74) is 2.11. The van der Waals surface area contributed by atoms with Crippen molar-refractivity contribution in [2.24, 2.45) is 0 Å². The standard InChI is InChI=1S/C22H21N3O5S/c1-13(21(27)28-2)25-20(26)19-12-24-22(31-19)29-16-6-8-17-14(10-16)5-7-18(30-17)15-4-3-9-23-11-15/h3-4,6,8-13,18H,5,7H2,1-2H3,(H,25,26)/t13?,18-/m1/s1. The van der Waals surface area contributed by atoms with E-state index in [-0.39, 0.29) is 6.10 Å². The minimum Gasteiger partial charge on any atom is -0.485 e. The van der Waals surface area contributed by atoms with Crippen molar-refractivity contribution in [2.45, 2.75) is 31.9 Å². The summed E-state index contributed by atoms with van der Waals surface area (Å²) in [6.45, 7) is 1.55. The number of amides is 1. The number of methoxy groups -OCH3 is 1. The van der Waals surface area contributed by atoms with Crippen molar-refractivity contribution in [3.8, 4) is 16.7 Å². The second-order valence-electron chi connectivity index (χ2n) is 7.01. The number of carbonyl (C=O) groups excluding carboxylic acids is 2. The molecule has 9 heteroatoms. The van der Waals surface area contributed by atoms with Gasteiger partial charge >= 0.3 is 5.97 Å². The molecule has 1 amide bonds. The summed E-state index contributed by atoms with van der Waals surface area (Å²) in [7, 11) is 1.27. The topological polar surface area (TPSA) is 99.6 Å². The van der Waals surface area contributed by atoms with E-state index < -0.39 is 17.9 Å². The number of fused-ring (bicyclic) bond motifs is 1. The number of rotatable bonds is 6. The number of hydrogen-bond donors (Lipinski definition) is 1. The average Bonchev–Trinajstić information content (AvgIpc) is 3.27. The molecule has 1 unspecified atom stereocenters. The zero-order valence-electron chi connectivity index (χ0n) is 17.0. The maximum Gasteiger partial charge on any atom is 0.328 e. The number of hydrogen-bond acceptors (Lipinski definition) is 8. The third-order valence-electron chi connectivity index (χ3n) is 4.85. The van der Waals surface area contributed by atoms with Gasteiger partial charge < -0.3 is 19.5 Å². The van der Waals surface area contributed by atoms with Crippen LogP contribution in [-0.2, 0) is 16.0 Å². The van der Waals surface area contributed by atoms with E-state index in [0.29, 0.717) is 15.8 Å². The lowest BCUT2D eigenvalue weighted by molar-refractivity contribution is -0.142. The van der Waals surface area contributed by atoms with Gasteiger partial charge in [-0.15, -0.1) is 0 Å². The van der Waals surface area contributed by atoms with Gasteiger partial charge in [-0.25, -0.2) is 9.78 Å². The Kier molecular flexibility index (Phi) is 6.13. The van der Waals surface area contributed by atoms with Crippen LogP contribution in [-0.4, -0.2) is 35.0 Å². The molecule has 31 heavy (non-hydrogen) atoms. The lowest BCUT2D eigenvalue weighted by Gasteiger charge is -2.26. The van der Waals surface area contributed by atoms with Gasteiger partial charge in [0.15, 0.2) is 0 Å². The summed E-state index contributed by atoms with van der Waals surface area (Å²) in [5, 5.41) is 2.90. The number of aromatic nitrogens is 2. The predicted molar refractivity (Wildman–Crippen MR) is 114 cm³/mol. The van der Waals surface area contributed by atoms with Gasteiger partial charge in [0.25, 0.3) is 11.1 Å². The minimum absolute atomic E-state index is 0.0135. The van der Waals surface area contributed by atoms with Gasteiger partial charge in [0.2, 0.25) is 0 Å². The molecule has 2 aromatic heterocycles. The number of pyridine rings is 1. The molecular formula is C22H21N3O5S. The van der Waals surface area contributed by atoms with Gasteiger partial charge in [0, 0.05) is 18.0 Å². The Bertz CT molecular complexity index is 1090. The van der Waals surface area contributed by atoms with Crippen LogP contribution in [0, 0.1) is 0 Å². The summed E-state index contributed by atoms with van der Waals surface area (Å²) in [4.78, 5) is 32.4. The van der Waals surface area contributed by atoms with E-state index in [2.05, 4.69) is 20.0 Å². The monoisotopic (exact) mass is 439 g/mol. The first-order valence-electron chi connectivity index (χ1n) is 9.75. The number of carbonyl (C=O) groups is 2. The zero-order chi connectivity index (χ0) is 21.8. The van der Waals surface area contributed by atoms with Gasteiger partial charge in [0.05, 0.1) is 13.3 Å². The summed E-state index contributed by atoms with van der Waals surface area (Å²) >= 11 is 1.10. The molecule has 8 nitrogen and oxygen atoms in total. The molecular weight excluding hydrogens is 418 g/mol. The van der Waals surface area contributed by atoms with Crippen LogP contribution in [0.2, 0.25) is 0 Å². The first-order valence-corrected chi connectivity index (χ1v) is 10.6. The molecule has 0 saturated carbocycles. The van der Waals surface area contributed by atoms with Crippen LogP contribution >= 0.6 is 11.3 Å². The summed E-state index contributed by atoms with van der Waals surface area (Å²) < 4.78 is 16.6. The van der Waals surface area contributed by atoms with Gasteiger partial charge in [-0.1, -0.05) is 17.4 Å². The molecule has 1 N–H and O–H groups in total. The number of thiazole rings is 1. The highest BCUT2D eigenvalue weighted by molar-refractivity contribution is 7.15. The van der Waals surface area contributed by atoms with Crippen LogP contribution in [0.4, 0.5) is 0 Å². The molecule has 0 saturated heterocycles. The third-order valence-corrected chi connectivity index (χ3v) is 5.72. The predicted octanol–water partition coefficient (Wildman–Crippen LogP) is 3.69. The number of nitrogens with one attached hydrogen (secondary N) is 1. The lowest BCUT2D eigenvalue weighted by atomic mass is 9.98. The fourth-order valence-corrected chi connectivity index (χ4v) is 3.93. The molecule has 0 spiro atoms. The first-order chi connectivity index (χ1) is 15.0. The minimum atomic E-state index is -0.750. The van der Waals surface area contributed by atoms with Crippen LogP contribution < -0.4 is 14.8 Å². The van der Waals surface area contributed by atoms with E-state index in [1.54, 1.807) is 13.1 Å². The Balaban J connectivity index is 1.40. The molecule has 2 atom stereocenters. The first kappa shape index (κ1) is 20.8. The molecule has 0 aliphatic carbocycles. The highest BCUT2D eigenvalue weighted by atomic mass is 32.1. The maximum absolute atomic E-state index is 12.3. The van der Waals surface area contributed by atoms with Crippen LogP contribution in [0.5, 0.6) is 16.7 Å². The molecule has 0 bridgehead atoms. The van der Waals surface area contributed by atoms with Crippen LogP contribution in [0.1, 0.15) is 40.2 Å². The molecule has 3 aromatic rings. The number of ether oxygens (including phenoxy) is 3. The molecule has 1 aliphatic heterocycles. The second-order valence-corrected chi connectivity index (χ2v) is 8.01. The summed E-state index contributed by atoms with van der Waals surface area (Å²) in [6, 6.07) is 8.79. The Labute approximate surface area is 183 Å². The Morgan fingerprint density at radius 1 is 1.29 bits per heavy atom. The zero-order valence-corrected chi connectivity index (χ0v) is 17.8. The molecule has 3 heterocycles. The number of nitrogens with zero attached hydrogens (tertiary/aromatic N) is 2. The van der Waals surface area contributed by atoms with Crippen molar-refractivity contribution in [2.75, 3.05) is 7.11 Å². The maximum atomic E-state index is 12.3. The van der Waals surface area contributed by atoms with Crippen molar-refractivity contribution in [1.29, 1.82) is 0 Å². The van der Waals surface area contributed by atoms with Gasteiger partial charge in [-0.05, 0) is 49.6 Å². The van der Waals surface area contributed by atoms with Crippen molar-refractivity contribution < 1.29 is 23.8 Å². The van der Waals surface area contributed by atoms with Crippen LogP contribution in [0.15, 0.2) is 48.9 Å². The molecule has 1 aliphatic rings. The smallest absolute Gasteiger partial charge is 0.328 e. The Morgan fingerprint density at radius 3 is 2.94 bits per heavy atom. The highest BCUT2D eigenvalue weighted by Gasteiger charge is 2.23. The lowest BCUT2D eigenvalue weighted by Crippen LogP contribution is -2.38. The van der Waals surface area contributed by atoms with E-state index in [4.69, 9.17) is 9.47 Å². The van der Waals surface area contributed by atoms with Crippen molar-refractivity contribution in [1.82, 2.24) is 15.3 Å². The third kappa shape index (κ3) is 4.83. The normalized spacial score (nSPS) is 15.9. The van der Waals surface area contributed by atoms with E-state index in [0.717, 1.165) is 41.1 Å². The molecule has 0 radical (unpaired) electrons. The van der Waals surface area contributed by atoms with Crippen molar-refractivity contribution >= 4 is 23.2 Å². The second kappa shape index (κ2) is 9.13. The fourth-order valence-electron chi connectivity index (χ4n) is 3.24. The Hall–Kier alpha value is -3.46. The van der Waals surface area contributed by atoms with Crippen molar-refractivity contribution in [3.05, 3.63) is 64.9 Å². The molecule has 1 aromatic carbocycles. The van der Waals surface area contributed by atoms with Gasteiger partial charge in [0.1, 0.15) is 28.5 Å². The van der Waals surface area contributed by atoms with Crippen LogP contribution in [0.3, 0.4) is 0 Å². The van der Waals surface area contributed by atoms with Crippen LogP contribution in [0.25, 0.3) is 0 Å². The van der Waals surface area contributed by atoms with E-state index >= 15 is 0 Å². The molecule has 160 valence electrons. The average molecular weight is 439 g/mol. The summed E-state index contributed by atoms with van der Waals surface area (Å²) in [6.07, 6.45) is 6.68. The van der Waals surface area contributed by atoms with Crippen molar-refractivity contribution in [3.63, 3.8) is 0 Å². The van der Waals surface area contributed by atoms with E-state index in [1.807, 2.05) is 36.5 Å². The number of aryl methyl sites for hydroxylation is 1. The van der Waals surface area contributed by atoms with Gasteiger partial charge in [-0.2, -0.15) is 0 Å². The molecule has 4 rings (SSSR count).